The zero-order valence-corrected chi connectivity index (χ0v) is 30.3. The molecule has 0 bridgehead atoms. The lowest BCUT2D eigenvalue weighted by Crippen LogP contribution is -2.56. The fourth-order valence-corrected chi connectivity index (χ4v) is 7.07. The molecule has 6 rings (SSSR count). The van der Waals surface area contributed by atoms with Crippen LogP contribution in [0.15, 0.2) is 60.7 Å². The minimum Gasteiger partial charge on any atom is -0.479 e. The monoisotopic (exact) mass is 751 g/mol. The van der Waals surface area contributed by atoms with Gasteiger partial charge in [-0.15, -0.1) is 10.2 Å². The second-order valence-electron chi connectivity index (χ2n) is 15.2. The third-order valence-electron chi connectivity index (χ3n) is 9.90. The van der Waals surface area contributed by atoms with Gasteiger partial charge in [0.25, 0.3) is 0 Å². The third-order valence-corrected chi connectivity index (χ3v) is 9.90. The molecular formula is C38H44F3N7O6. The SMILES string of the molecule is CC(C)(C)OC(=O)N[C@@H]1CCCCCC=C[C@@H]2C[C@]2(C(=O)O)NC(=O)[C@@H]2C[C@H](n3nnc(-c4cccc(-c5ccc(CC(F)(F)F)cc5)c4)n3)CN2C1=O. The van der Waals surface area contributed by atoms with Crippen molar-refractivity contribution in [1.29, 1.82) is 0 Å². The van der Waals surface area contributed by atoms with Crippen LogP contribution in [0.2, 0.25) is 0 Å². The van der Waals surface area contributed by atoms with Gasteiger partial charge in [0.15, 0.2) is 0 Å². The Bertz CT molecular complexity index is 1910. The predicted octanol–water partition coefficient (Wildman–Crippen LogP) is 5.63. The van der Waals surface area contributed by atoms with Gasteiger partial charge in [0.1, 0.15) is 23.2 Å². The van der Waals surface area contributed by atoms with Gasteiger partial charge in [0.2, 0.25) is 17.6 Å². The van der Waals surface area contributed by atoms with Crippen molar-refractivity contribution in [3.8, 4) is 22.5 Å². The molecule has 2 aliphatic heterocycles. The number of fused-ring (bicyclic) bond motifs is 2. The van der Waals surface area contributed by atoms with E-state index in [9.17, 15) is 37.5 Å². The van der Waals surface area contributed by atoms with Crippen molar-refractivity contribution in [2.24, 2.45) is 5.92 Å². The van der Waals surface area contributed by atoms with Crippen molar-refractivity contribution < 1.29 is 42.2 Å². The molecule has 3 heterocycles. The lowest BCUT2D eigenvalue weighted by molar-refractivity contribution is -0.145. The molecule has 1 aliphatic carbocycles. The highest BCUT2D eigenvalue weighted by molar-refractivity contribution is 5.96. The van der Waals surface area contributed by atoms with E-state index in [2.05, 4.69) is 26.0 Å². The van der Waals surface area contributed by atoms with Crippen molar-refractivity contribution in [3.05, 3.63) is 66.2 Å². The number of aliphatic carboxylic acids is 1. The number of ether oxygens (including phenoxy) is 1. The van der Waals surface area contributed by atoms with Crippen LogP contribution >= 0.6 is 0 Å². The number of alkyl halides is 3. The molecular weight excluding hydrogens is 707 g/mol. The number of amides is 3. The minimum absolute atomic E-state index is 0.0209. The number of aromatic nitrogens is 4. The predicted molar refractivity (Wildman–Crippen MR) is 190 cm³/mol. The van der Waals surface area contributed by atoms with E-state index in [1.807, 2.05) is 18.2 Å². The zero-order valence-electron chi connectivity index (χ0n) is 30.3. The summed E-state index contributed by atoms with van der Waals surface area (Å²) in [5.41, 5.74) is -0.156. The highest BCUT2D eigenvalue weighted by atomic mass is 19.4. The van der Waals surface area contributed by atoms with Crippen LogP contribution in [0, 0.1) is 5.92 Å². The van der Waals surface area contributed by atoms with Gasteiger partial charge in [-0.2, -0.15) is 18.0 Å². The summed E-state index contributed by atoms with van der Waals surface area (Å²) in [4.78, 5) is 56.3. The van der Waals surface area contributed by atoms with Gasteiger partial charge in [0.05, 0.1) is 12.5 Å². The summed E-state index contributed by atoms with van der Waals surface area (Å²) in [7, 11) is 0. The number of halogens is 3. The van der Waals surface area contributed by atoms with Gasteiger partial charge < -0.3 is 25.4 Å². The fraction of sp³-hybridized carbons (Fsp3) is 0.500. The normalized spacial score (nSPS) is 25.1. The summed E-state index contributed by atoms with van der Waals surface area (Å²) in [6.45, 7) is 5.11. The number of benzene rings is 2. The summed E-state index contributed by atoms with van der Waals surface area (Å²) in [5.74, 6) is -2.45. The molecule has 16 heteroatoms. The van der Waals surface area contributed by atoms with Crippen LogP contribution in [0.4, 0.5) is 18.0 Å². The van der Waals surface area contributed by atoms with Crippen LogP contribution in [0.1, 0.15) is 77.3 Å². The van der Waals surface area contributed by atoms with E-state index < -0.39 is 65.7 Å². The number of carboxylic acid groups (broad SMARTS) is 1. The molecule has 0 unspecified atom stereocenters. The Labute approximate surface area is 310 Å². The summed E-state index contributed by atoms with van der Waals surface area (Å²) in [5, 5.41) is 28.7. The zero-order chi connectivity index (χ0) is 38.8. The quantitative estimate of drug-likeness (QED) is 0.271. The van der Waals surface area contributed by atoms with Crippen molar-refractivity contribution in [3.63, 3.8) is 0 Å². The average molecular weight is 752 g/mol. The number of allylic oxidation sites excluding steroid dienone is 1. The van der Waals surface area contributed by atoms with Crippen molar-refractivity contribution >= 4 is 23.9 Å². The number of nitrogens with zero attached hydrogens (tertiary/aromatic N) is 5. The highest BCUT2D eigenvalue weighted by Crippen LogP contribution is 2.45. The van der Waals surface area contributed by atoms with Gasteiger partial charge >= 0.3 is 18.2 Å². The highest BCUT2D eigenvalue weighted by Gasteiger charge is 2.61. The maximum absolute atomic E-state index is 14.3. The summed E-state index contributed by atoms with van der Waals surface area (Å²) < 4.78 is 44.0. The molecule has 2 fully saturated rings. The number of carboxylic acids is 1. The Kier molecular flexibility index (Phi) is 10.8. The van der Waals surface area contributed by atoms with Gasteiger partial charge in [-0.25, -0.2) is 9.59 Å². The Balaban J connectivity index is 1.26. The first-order chi connectivity index (χ1) is 25.5. The Morgan fingerprint density at radius 3 is 2.48 bits per heavy atom. The van der Waals surface area contributed by atoms with Crippen molar-refractivity contribution in [2.45, 2.75) is 108 Å². The topological polar surface area (TPSA) is 169 Å². The summed E-state index contributed by atoms with van der Waals surface area (Å²) in [6, 6.07) is 10.5. The smallest absolute Gasteiger partial charge is 0.408 e. The first-order valence-corrected chi connectivity index (χ1v) is 18.1. The lowest BCUT2D eigenvalue weighted by atomic mass is 10.0. The van der Waals surface area contributed by atoms with Crippen LogP contribution in [-0.2, 0) is 25.5 Å². The molecule has 5 atom stereocenters. The lowest BCUT2D eigenvalue weighted by Gasteiger charge is -2.30. The molecule has 3 amide bonds. The fourth-order valence-electron chi connectivity index (χ4n) is 7.07. The van der Waals surface area contributed by atoms with Gasteiger partial charge in [0, 0.05) is 24.4 Å². The first-order valence-electron chi connectivity index (χ1n) is 18.1. The molecule has 54 heavy (non-hydrogen) atoms. The Morgan fingerprint density at radius 2 is 1.78 bits per heavy atom. The molecule has 0 radical (unpaired) electrons. The average Bonchev–Trinajstić information content (AvgIpc) is 3.40. The maximum Gasteiger partial charge on any atom is 0.408 e. The number of carbonyl (C=O) groups excluding carboxylic acids is 3. The number of carbonyl (C=O) groups is 4. The molecule has 3 aromatic rings. The summed E-state index contributed by atoms with van der Waals surface area (Å²) in [6.07, 6.45) is 1.12. The van der Waals surface area contributed by atoms with Crippen LogP contribution in [-0.4, -0.2) is 90.0 Å². The van der Waals surface area contributed by atoms with Crippen LogP contribution < -0.4 is 10.6 Å². The van der Waals surface area contributed by atoms with E-state index in [-0.39, 0.29) is 36.7 Å². The minimum atomic E-state index is -4.31. The van der Waals surface area contributed by atoms with E-state index in [1.165, 1.54) is 21.8 Å². The van der Waals surface area contributed by atoms with Gasteiger partial charge in [-0.05, 0) is 74.4 Å². The molecule has 1 saturated heterocycles. The van der Waals surface area contributed by atoms with Crippen LogP contribution in [0.3, 0.4) is 0 Å². The van der Waals surface area contributed by atoms with Crippen molar-refractivity contribution in [1.82, 2.24) is 35.7 Å². The molecule has 3 aliphatic rings. The van der Waals surface area contributed by atoms with Crippen LogP contribution in [0.25, 0.3) is 22.5 Å². The molecule has 288 valence electrons. The standard InChI is InChI=1S/C38H44F3N7O6/c1-36(2,3)54-35(53)42-29-13-8-6-4-5-7-12-27-21-37(27,34(51)52)43-32(49)30-19-28(22-47(30)33(29)50)48-45-31(44-46-48)26-11-9-10-25(18-26)24-16-14-23(15-17-24)20-38(39,40)41/h7,9-12,14-18,27-30H,4-6,8,13,19-22H2,1-3H3,(H,42,53)(H,43,49)(H,51,52)/t27-,28+,29-,30+,37+/m1/s1. The van der Waals surface area contributed by atoms with Gasteiger partial charge in [-0.3, -0.25) is 9.59 Å². The second-order valence-corrected chi connectivity index (χ2v) is 15.2. The largest absolute Gasteiger partial charge is 0.479 e. The molecule has 1 saturated carbocycles. The third kappa shape index (κ3) is 9.08. The van der Waals surface area contributed by atoms with Gasteiger partial charge in [-0.1, -0.05) is 67.5 Å². The number of tetrazole rings is 1. The van der Waals surface area contributed by atoms with E-state index >= 15 is 0 Å². The number of alkyl carbamates (subject to hydrolysis) is 1. The number of hydrogen-bond donors (Lipinski definition) is 3. The Hall–Kier alpha value is -5.28. The molecule has 1 aromatic heterocycles. The van der Waals surface area contributed by atoms with E-state index in [4.69, 9.17) is 4.74 Å². The molecule has 2 aromatic carbocycles. The molecule has 0 spiro atoms. The maximum atomic E-state index is 14.3. The first kappa shape index (κ1) is 38.4. The summed E-state index contributed by atoms with van der Waals surface area (Å²) >= 11 is 0. The Morgan fingerprint density at radius 1 is 1.04 bits per heavy atom. The number of nitrogens with one attached hydrogen (secondary N) is 2. The number of hydrogen-bond acceptors (Lipinski definition) is 8. The van der Waals surface area contributed by atoms with Crippen molar-refractivity contribution in [2.75, 3.05) is 6.54 Å². The number of rotatable bonds is 6. The van der Waals surface area contributed by atoms with E-state index in [0.29, 0.717) is 30.4 Å². The molecule has 3 N–H and O–H groups in total. The van der Waals surface area contributed by atoms with E-state index in [1.54, 1.807) is 51.1 Å². The second kappa shape index (κ2) is 15.2. The van der Waals surface area contributed by atoms with Crippen LogP contribution in [0.5, 0.6) is 0 Å². The van der Waals surface area contributed by atoms with E-state index in [0.717, 1.165) is 18.4 Å². The molecule has 13 nitrogen and oxygen atoms in total.